The molecule has 0 radical (unpaired) electrons. The van der Waals surface area contributed by atoms with Crippen LogP contribution in [0.1, 0.15) is 18.1 Å². The third-order valence-electron chi connectivity index (χ3n) is 3.92. The molecule has 3 aromatic rings. The molecule has 2 aromatic heterocycles. The van der Waals surface area contributed by atoms with Gasteiger partial charge in [-0.25, -0.2) is 4.98 Å². The second-order valence-corrected chi connectivity index (χ2v) is 7.43. The Hall–Kier alpha value is -2.12. The highest BCUT2D eigenvalue weighted by molar-refractivity contribution is 7.99. The number of carbonyl (C=O) groups is 1. The molecule has 0 saturated heterocycles. The molecular formula is C18H19N3O2S2. The number of hydrogen-bond donors (Lipinski definition) is 1. The normalized spacial score (nSPS) is 11.0. The van der Waals surface area contributed by atoms with Crippen LogP contribution in [0.25, 0.3) is 10.2 Å². The second-order valence-electron chi connectivity index (χ2n) is 5.57. The van der Waals surface area contributed by atoms with Gasteiger partial charge in [0, 0.05) is 13.1 Å². The first-order valence-corrected chi connectivity index (χ1v) is 9.88. The Bertz CT molecular complexity index is 962. The zero-order valence-corrected chi connectivity index (χ0v) is 15.7. The van der Waals surface area contributed by atoms with E-state index in [0.717, 1.165) is 11.1 Å². The molecule has 0 bridgehead atoms. The van der Waals surface area contributed by atoms with Crippen molar-refractivity contribution in [3.8, 4) is 0 Å². The molecule has 1 N–H and O–H groups in total. The zero-order chi connectivity index (χ0) is 17.8. The smallest absolute Gasteiger partial charge is 0.272 e. The molecule has 1 amide bonds. The summed E-state index contributed by atoms with van der Waals surface area (Å²) in [7, 11) is 0. The minimum atomic E-state index is -0.0735. The van der Waals surface area contributed by atoms with Gasteiger partial charge >= 0.3 is 0 Å². The summed E-state index contributed by atoms with van der Waals surface area (Å²) in [4.78, 5) is 29.1. The average Bonchev–Trinajstić information content (AvgIpc) is 3.08. The highest BCUT2D eigenvalue weighted by Gasteiger charge is 2.13. The first kappa shape index (κ1) is 17.7. The SMILES string of the molecule is CCn1c(SCC(=O)NCc2ccccc2C)nc2ccsc2c1=O. The number of thiophene rings is 1. The highest BCUT2D eigenvalue weighted by Crippen LogP contribution is 2.20. The van der Waals surface area contributed by atoms with E-state index in [2.05, 4.69) is 10.3 Å². The van der Waals surface area contributed by atoms with Gasteiger partial charge in [0.1, 0.15) is 4.70 Å². The maximum atomic E-state index is 12.5. The van der Waals surface area contributed by atoms with Crippen molar-refractivity contribution in [2.24, 2.45) is 0 Å². The topological polar surface area (TPSA) is 64.0 Å². The lowest BCUT2D eigenvalue weighted by Crippen LogP contribution is -2.26. The number of benzene rings is 1. The van der Waals surface area contributed by atoms with Gasteiger partial charge < -0.3 is 5.32 Å². The van der Waals surface area contributed by atoms with Crippen molar-refractivity contribution in [3.63, 3.8) is 0 Å². The number of rotatable bonds is 6. The maximum Gasteiger partial charge on any atom is 0.272 e. The Kier molecular flexibility index (Phi) is 5.55. The number of thioether (sulfide) groups is 1. The van der Waals surface area contributed by atoms with E-state index in [0.29, 0.717) is 28.5 Å². The standard InChI is InChI=1S/C18H19N3O2S2/c1-3-21-17(23)16-14(8-9-24-16)20-18(21)25-11-15(22)19-10-13-7-5-4-6-12(13)2/h4-9H,3,10-11H2,1-2H3,(H,19,22). The number of fused-ring (bicyclic) bond motifs is 1. The number of hydrogen-bond acceptors (Lipinski definition) is 5. The Morgan fingerprint density at radius 3 is 2.88 bits per heavy atom. The van der Waals surface area contributed by atoms with Crippen LogP contribution in [0.4, 0.5) is 0 Å². The van der Waals surface area contributed by atoms with E-state index in [1.807, 2.05) is 49.6 Å². The van der Waals surface area contributed by atoms with E-state index in [-0.39, 0.29) is 17.2 Å². The summed E-state index contributed by atoms with van der Waals surface area (Å²) in [6.45, 7) is 4.97. The summed E-state index contributed by atoms with van der Waals surface area (Å²) in [6, 6.07) is 9.80. The average molecular weight is 374 g/mol. The summed E-state index contributed by atoms with van der Waals surface area (Å²) in [6.07, 6.45) is 0. The molecular weight excluding hydrogens is 354 g/mol. The van der Waals surface area contributed by atoms with Gasteiger partial charge in [-0.1, -0.05) is 36.0 Å². The quantitative estimate of drug-likeness (QED) is 0.532. The van der Waals surface area contributed by atoms with Gasteiger partial charge in [0.05, 0.1) is 11.3 Å². The molecule has 0 fully saturated rings. The van der Waals surface area contributed by atoms with Crippen molar-refractivity contribution in [2.45, 2.75) is 32.1 Å². The Balaban J connectivity index is 1.67. The third-order valence-corrected chi connectivity index (χ3v) is 5.78. The van der Waals surface area contributed by atoms with Crippen molar-refractivity contribution >= 4 is 39.2 Å². The lowest BCUT2D eigenvalue weighted by Gasteiger charge is -2.10. The number of nitrogens with zero attached hydrogens (tertiary/aromatic N) is 2. The predicted octanol–water partition coefficient (Wildman–Crippen LogP) is 3.19. The monoisotopic (exact) mass is 373 g/mol. The molecule has 1 aromatic carbocycles. The van der Waals surface area contributed by atoms with Crippen LogP contribution in [0, 0.1) is 6.92 Å². The van der Waals surface area contributed by atoms with Crippen molar-refractivity contribution in [3.05, 3.63) is 57.2 Å². The Morgan fingerprint density at radius 1 is 1.32 bits per heavy atom. The van der Waals surface area contributed by atoms with Crippen molar-refractivity contribution in [1.82, 2.24) is 14.9 Å². The lowest BCUT2D eigenvalue weighted by atomic mass is 10.1. The fraction of sp³-hybridized carbons (Fsp3) is 0.278. The minimum absolute atomic E-state index is 0.0367. The van der Waals surface area contributed by atoms with Gasteiger partial charge in [0.25, 0.3) is 5.56 Å². The molecule has 0 saturated carbocycles. The van der Waals surface area contributed by atoms with Crippen molar-refractivity contribution in [2.75, 3.05) is 5.75 Å². The van der Waals surface area contributed by atoms with Crippen LogP contribution < -0.4 is 10.9 Å². The second kappa shape index (κ2) is 7.84. The number of carbonyl (C=O) groups excluding carboxylic acids is 1. The molecule has 0 spiro atoms. The molecule has 3 rings (SSSR count). The highest BCUT2D eigenvalue weighted by atomic mass is 32.2. The molecule has 130 valence electrons. The van der Waals surface area contributed by atoms with Crippen LogP contribution in [0.15, 0.2) is 45.7 Å². The summed E-state index contributed by atoms with van der Waals surface area (Å²) in [5, 5.41) is 5.37. The fourth-order valence-corrected chi connectivity index (χ4v) is 4.17. The molecule has 2 heterocycles. The van der Waals surface area contributed by atoms with Gasteiger partial charge in [-0.15, -0.1) is 11.3 Å². The maximum absolute atomic E-state index is 12.5. The van der Waals surface area contributed by atoms with Crippen LogP contribution in [0.3, 0.4) is 0 Å². The third kappa shape index (κ3) is 3.93. The number of aryl methyl sites for hydroxylation is 1. The van der Waals surface area contributed by atoms with E-state index < -0.39 is 0 Å². The van der Waals surface area contributed by atoms with E-state index in [4.69, 9.17) is 0 Å². The van der Waals surface area contributed by atoms with Gasteiger partial charge in [0.2, 0.25) is 5.91 Å². The lowest BCUT2D eigenvalue weighted by molar-refractivity contribution is -0.118. The molecule has 0 aliphatic carbocycles. The van der Waals surface area contributed by atoms with Gasteiger partial charge in [-0.3, -0.25) is 14.2 Å². The number of aromatic nitrogens is 2. The Morgan fingerprint density at radius 2 is 2.12 bits per heavy atom. The molecule has 7 heteroatoms. The van der Waals surface area contributed by atoms with Crippen LogP contribution in [0.5, 0.6) is 0 Å². The van der Waals surface area contributed by atoms with Crippen LogP contribution >= 0.6 is 23.1 Å². The summed E-state index contributed by atoms with van der Waals surface area (Å²) < 4.78 is 2.29. The van der Waals surface area contributed by atoms with Gasteiger partial charge in [0.15, 0.2) is 5.16 Å². The van der Waals surface area contributed by atoms with Gasteiger partial charge in [-0.2, -0.15) is 0 Å². The number of amides is 1. The zero-order valence-electron chi connectivity index (χ0n) is 14.1. The summed E-state index contributed by atoms with van der Waals surface area (Å²) in [5.41, 5.74) is 2.91. The summed E-state index contributed by atoms with van der Waals surface area (Å²) in [5.74, 6) is 0.157. The largest absolute Gasteiger partial charge is 0.351 e. The van der Waals surface area contributed by atoms with Crippen LogP contribution in [0.2, 0.25) is 0 Å². The number of nitrogens with one attached hydrogen (secondary N) is 1. The van der Waals surface area contributed by atoms with Crippen LogP contribution in [-0.2, 0) is 17.9 Å². The molecule has 25 heavy (non-hydrogen) atoms. The minimum Gasteiger partial charge on any atom is -0.351 e. The fourth-order valence-electron chi connectivity index (χ4n) is 2.50. The van der Waals surface area contributed by atoms with Gasteiger partial charge in [-0.05, 0) is 36.4 Å². The first-order chi connectivity index (χ1) is 12.1. The van der Waals surface area contributed by atoms with Crippen LogP contribution in [-0.4, -0.2) is 21.2 Å². The van der Waals surface area contributed by atoms with Crippen molar-refractivity contribution < 1.29 is 4.79 Å². The predicted molar refractivity (Wildman–Crippen MR) is 103 cm³/mol. The molecule has 0 aliphatic rings. The first-order valence-electron chi connectivity index (χ1n) is 8.02. The molecule has 0 unspecified atom stereocenters. The van der Waals surface area contributed by atoms with E-state index in [1.165, 1.54) is 23.1 Å². The molecule has 5 nitrogen and oxygen atoms in total. The van der Waals surface area contributed by atoms with E-state index >= 15 is 0 Å². The van der Waals surface area contributed by atoms with E-state index in [1.54, 1.807) is 4.57 Å². The Labute approximate surface area is 154 Å². The molecule has 0 aliphatic heterocycles. The van der Waals surface area contributed by atoms with Crippen molar-refractivity contribution in [1.29, 1.82) is 0 Å². The summed E-state index contributed by atoms with van der Waals surface area (Å²) >= 11 is 2.70. The molecule has 0 atom stereocenters. The van der Waals surface area contributed by atoms with E-state index in [9.17, 15) is 9.59 Å².